The lowest BCUT2D eigenvalue weighted by Crippen LogP contribution is -2.52. The smallest absolute Gasteiger partial charge is 0.469 e. The Morgan fingerprint density at radius 1 is 1.00 bits per heavy atom. The number of alkyl halides is 3. The molecule has 39 heavy (non-hydrogen) atoms. The maximum absolute atomic E-state index is 13.4. The summed E-state index contributed by atoms with van der Waals surface area (Å²) in [7, 11) is -2.66. The van der Waals surface area contributed by atoms with Crippen LogP contribution in [0, 0.1) is 5.41 Å². The van der Waals surface area contributed by atoms with Crippen molar-refractivity contribution in [2.75, 3.05) is 39.0 Å². The van der Waals surface area contributed by atoms with Crippen LogP contribution < -0.4 is 4.74 Å². The maximum atomic E-state index is 13.4. The molecule has 1 amide bonds. The molecule has 0 N–H and O–H groups in total. The van der Waals surface area contributed by atoms with Gasteiger partial charge in [-0.25, -0.2) is 8.42 Å². The van der Waals surface area contributed by atoms with E-state index in [4.69, 9.17) is 4.74 Å². The number of piperidine rings is 1. The van der Waals surface area contributed by atoms with Crippen molar-refractivity contribution in [3.8, 4) is 5.75 Å². The molecule has 4 rings (SSSR count). The van der Waals surface area contributed by atoms with Gasteiger partial charge in [0.25, 0.3) is 5.91 Å². The fraction of sp³-hybridized carbons (Fsp3) is 0.407. The summed E-state index contributed by atoms with van der Waals surface area (Å²) in [6, 6.07) is 14.4. The van der Waals surface area contributed by atoms with E-state index in [9.17, 15) is 31.2 Å². The highest BCUT2D eigenvalue weighted by molar-refractivity contribution is 7.89. The molecule has 1 saturated heterocycles. The van der Waals surface area contributed by atoms with Crippen LogP contribution in [-0.2, 0) is 19.6 Å². The summed E-state index contributed by atoms with van der Waals surface area (Å²) in [6.45, 7) is 0.532. The lowest BCUT2D eigenvalue weighted by Gasteiger charge is -2.40. The topological polar surface area (TPSA) is 93.2 Å². The van der Waals surface area contributed by atoms with Crippen molar-refractivity contribution in [3.63, 3.8) is 0 Å². The summed E-state index contributed by atoms with van der Waals surface area (Å²) in [5, 5.41) is 0. The molecule has 0 spiro atoms. The first kappa shape index (κ1) is 28.6. The molecular weight excluding hydrogens is 537 g/mol. The molecule has 8 nitrogen and oxygen atoms in total. The summed E-state index contributed by atoms with van der Waals surface area (Å²) in [6.07, 6.45) is -2.43. The van der Waals surface area contributed by atoms with E-state index in [0.29, 0.717) is 6.42 Å². The van der Waals surface area contributed by atoms with Crippen molar-refractivity contribution < 1.29 is 40.7 Å². The number of nitrogens with zero attached hydrogens (tertiary/aromatic N) is 2. The third kappa shape index (κ3) is 6.80. The quantitative estimate of drug-likeness (QED) is 0.469. The number of amides is 1. The molecule has 0 radical (unpaired) electrons. The average molecular weight is 567 g/mol. The van der Waals surface area contributed by atoms with Gasteiger partial charge in [-0.3, -0.25) is 9.59 Å². The number of esters is 1. The number of benzene rings is 2. The van der Waals surface area contributed by atoms with E-state index in [1.54, 1.807) is 0 Å². The van der Waals surface area contributed by atoms with Gasteiger partial charge in [0.15, 0.2) is 0 Å². The average Bonchev–Trinajstić information content (AvgIpc) is 2.92. The number of carbonyl (C=O) groups excluding carboxylic acids is 2. The van der Waals surface area contributed by atoms with Gasteiger partial charge in [-0.2, -0.15) is 4.31 Å². The Morgan fingerprint density at radius 3 is 2.28 bits per heavy atom. The molecule has 210 valence electrons. The number of methoxy groups -OCH3 is 1. The SMILES string of the molecule is COC(=O)C1(CS(=O)(=O)N2CC=C(c3ccccc3)CC2)CCN(C(=O)c2cccc(OC(F)(F)F)c2)CC1. The third-order valence-electron chi connectivity index (χ3n) is 7.11. The Balaban J connectivity index is 1.44. The highest BCUT2D eigenvalue weighted by Crippen LogP contribution is 2.37. The zero-order valence-corrected chi connectivity index (χ0v) is 22.1. The Morgan fingerprint density at radius 2 is 1.69 bits per heavy atom. The molecule has 0 saturated carbocycles. The Labute approximate surface area is 225 Å². The number of hydrogen-bond donors (Lipinski definition) is 0. The number of ether oxygens (including phenoxy) is 2. The van der Waals surface area contributed by atoms with Gasteiger partial charge in [0.2, 0.25) is 10.0 Å². The number of sulfonamides is 1. The van der Waals surface area contributed by atoms with Crippen LogP contribution in [-0.4, -0.2) is 74.9 Å². The van der Waals surface area contributed by atoms with E-state index in [2.05, 4.69) is 4.74 Å². The van der Waals surface area contributed by atoms with Gasteiger partial charge in [-0.05, 0) is 48.6 Å². The number of hydrogen-bond acceptors (Lipinski definition) is 6. The predicted molar refractivity (Wildman–Crippen MR) is 137 cm³/mol. The molecule has 2 aliphatic rings. The molecule has 0 unspecified atom stereocenters. The molecule has 0 aliphatic carbocycles. The molecule has 0 bridgehead atoms. The summed E-state index contributed by atoms with van der Waals surface area (Å²) in [5.74, 6) is -2.20. The molecule has 2 aromatic rings. The van der Waals surface area contributed by atoms with Crippen molar-refractivity contribution in [2.45, 2.75) is 25.6 Å². The van der Waals surface area contributed by atoms with Crippen molar-refractivity contribution in [2.24, 2.45) is 5.41 Å². The predicted octanol–water partition coefficient (Wildman–Crippen LogP) is 4.10. The van der Waals surface area contributed by atoms with E-state index in [1.165, 1.54) is 28.4 Å². The van der Waals surface area contributed by atoms with Gasteiger partial charge in [0.1, 0.15) is 5.75 Å². The summed E-state index contributed by atoms with van der Waals surface area (Å²) in [4.78, 5) is 27.2. The second kappa shape index (κ2) is 11.4. The molecule has 12 heteroatoms. The number of rotatable bonds is 7. The van der Waals surface area contributed by atoms with Crippen LogP contribution in [0.2, 0.25) is 0 Å². The maximum Gasteiger partial charge on any atom is 0.573 e. The summed E-state index contributed by atoms with van der Waals surface area (Å²) >= 11 is 0. The van der Waals surface area contributed by atoms with Crippen LogP contribution in [0.25, 0.3) is 5.57 Å². The normalized spacial score (nSPS) is 18.3. The van der Waals surface area contributed by atoms with Crippen LogP contribution in [0.3, 0.4) is 0 Å². The number of carbonyl (C=O) groups is 2. The number of likely N-dealkylation sites (tertiary alicyclic amines) is 1. The fourth-order valence-corrected chi connectivity index (χ4v) is 6.99. The van der Waals surface area contributed by atoms with Crippen molar-refractivity contribution in [1.82, 2.24) is 9.21 Å². The van der Waals surface area contributed by atoms with Gasteiger partial charge < -0.3 is 14.4 Å². The molecule has 2 aromatic carbocycles. The minimum atomic E-state index is -4.90. The van der Waals surface area contributed by atoms with Crippen molar-refractivity contribution in [1.29, 1.82) is 0 Å². The Hall–Kier alpha value is -3.38. The lowest BCUT2D eigenvalue weighted by atomic mass is 9.80. The van der Waals surface area contributed by atoms with E-state index in [-0.39, 0.29) is 44.6 Å². The standard InChI is InChI=1S/C27H29F3N2O6S/c1-37-25(34)26(19-39(35,36)32-14-10-21(11-15-32)20-6-3-2-4-7-20)12-16-31(17-13-26)24(33)22-8-5-9-23(18-22)38-27(28,29)30/h2-10,18H,11-17,19H2,1H3. The molecular formula is C27H29F3N2O6S. The van der Waals surface area contributed by atoms with E-state index in [0.717, 1.165) is 23.3 Å². The van der Waals surface area contributed by atoms with Crippen LogP contribution in [0.4, 0.5) is 13.2 Å². The highest BCUT2D eigenvalue weighted by Gasteiger charge is 2.48. The third-order valence-corrected chi connectivity index (χ3v) is 9.15. The highest BCUT2D eigenvalue weighted by atomic mass is 32.2. The largest absolute Gasteiger partial charge is 0.573 e. The van der Waals surface area contributed by atoms with Gasteiger partial charge in [-0.1, -0.05) is 42.5 Å². The summed E-state index contributed by atoms with van der Waals surface area (Å²) < 4.78 is 74.8. The molecule has 1 fully saturated rings. The lowest BCUT2D eigenvalue weighted by molar-refractivity contribution is -0.274. The van der Waals surface area contributed by atoms with Gasteiger partial charge in [0.05, 0.1) is 18.3 Å². The molecule has 0 aromatic heterocycles. The molecule has 0 atom stereocenters. The van der Waals surface area contributed by atoms with E-state index < -0.39 is 45.2 Å². The number of halogens is 3. The van der Waals surface area contributed by atoms with Crippen molar-refractivity contribution in [3.05, 3.63) is 71.8 Å². The Bertz CT molecular complexity index is 1340. The summed E-state index contributed by atoms with van der Waals surface area (Å²) in [5.41, 5.74) is 0.730. The van der Waals surface area contributed by atoms with Crippen LogP contribution in [0.1, 0.15) is 35.2 Å². The molecule has 2 heterocycles. The van der Waals surface area contributed by atoms with Crippen LogP contribution >= 0.6 is 0 Å². The second-order valence-electron chi connectivity index (χ2n) is 9.60. The van der Waals surface area contributed by atoms with Crippen LogP contribution in [0.15, 0.2) is 60.7 Å². The zero-order valence-electron chi connectivity index (χ0n) is 21.3. The van der Waals surface area contributed by atoms with Crippen LogP contribution in [0.5, 0.6) is 5.75 Å². The monoisotopic (exact) mass is 566 g/mol. The first-order valence-electron chi connectivity index (χ1n) is 12.4. The van der Waals surface area contributed by atoms with Gasteiger partial charge >= 0.3 is 12.3 Å². The van der Waals surface area contributed by atoms with Crippen molar-refractivity contribution >= 4 is 27.5 Å². The van der Waals surface area contributed by atoms with Gasteiger partial charge in [-0.15, -0.1) is 13.2 Å². The zero-order chi connectivity index (χ0) is 28.3. The first-order chi connectivity index (χ1) is 18.4. The minimum absolute atomic E-state index is 0.00994. The Kier molecular flexibility index (Phi) is 8.36. The van der Waals surface area contributed by atoms with Gasteiger partial charge in [0, 0.05) is 31.7 Å². The molecule has 2 aliphatic heterocycles. The van der Waals surface area contributed by atoms with E-state index in [1.807, 2.05) is 36.4 Å². The van der Waals surface area contributed by atoms with E-state index >= 15 is 0 Å². The minimum Gasteiger partial charge on any atom is -0.469 e. The fourth-order valence-electron chi connectivity index (χ4n) is 5.03. The second-order valence-corrected chi connectivity index (χ2v) is 11.6. The first-order valence-corrected chi connectivity index (χ1v) is 14.0.